The molecule has 0 bridgehead atoms. The molecule has 5 aromatic rings. The lowest BCUT2D eigenvalue weighted by molar-refractivity contribution is -0.138. The molecule has 0 saturated heterocycles. The Hall–Kier alpha value is -5.38. The van der Waals surface area contributed by atoms with E-state index in [1.54, 1.807) is 31.3 Å². The number of aromatic nitrogens is 6. The lowest BCUT2D eigenvalue weighted by Gasteiger charge is -2.24. The van der Waals surface area contributed by atoms with Gasteiger partial charge in [0.2, 0.25) is 5.82 Å². The highest BCUT2D eigenvalue weighted by Gasteiger charge is 2.35. The number of H-pyrrole nitrogens is 1. The van der Waals surface area contributed by atoms with E-state index in [9.17, 15) is 22.8 Å². The fourth-order valence-electron chi connectivity index (χ4n) is 5.28. The highest BCUT2D eigenvalue weighted by Crippen LogP contribution is 2.34. The van der Waals surface area contributed by atoms with Crippen molar-refractivity contribution in [1.82, 2.24) is 35.1 Å². The van der Waals surface area contributed by atoms with Gasteiger partial charge in [0.1, 0.15) is 11.6 Å². The third-order valence-corrected chi connectivity index (χ3v) is 7.63. The van der Waals surface area contributed by atoms with Crippen LogP contribution in [0.1, 0.15) is 34.3 Å². The van der Waals surface area contributed by atoms with Gasteiger partial charge < -0.3 is 14.8 Å². The van der Waals surface area contributed by atoms with Crippen molar-refractivity contribution in [2.75, 3.05) is 14.2 Å². The first kappa shape index (κ1) is 33.0. The summed E-state index contributed by atoms with van der Waals surface area (Å²) < 4.78 is 85.0. The Morgan fingerprint density at radius 3 is 2.38 bits per heavy atom. The van der Waals surface area contributed by atoms with Gasteiger partial charge >= 0.3 is 11.9 Å². The molecule has 1 unspecified atom stereocenters. The Balaban J connectivity index is 1.69. The van der Waals surface area contributed by atoms with Crippen LogP contribution in [0.4, 0.5) is 22.0 Å². The van der Waals surface area contributed by atoms with Crippen molar-refractivity contribution in [1.29, 1.82) is 0 Å². The molecular weight excluding hydrogens is 629 g/mol. The summed E-state index contributed by atoms with van der Waals surface area (Å²) in [6.07, 6.45) is -4.95. The van der Waals surface area contributed by atoms with Crippen LogP contribution in [0.3, 0.4) is 0 Å². The quantitative estimate of drug-likeness (QED) is 0.200. The molecule has 3 aromatic carbocycles. The summed E-state index contributed by atoms with van der Waals surface area (Å²) in [7, 11) is 2.79. The Kier molecular flexibility index (Phi) is 9.51. The number of methoxy groups -OCH3 is 1. The highest BCUT2D eigenvalue weighted by atomic mass is 19.4. The number of benzene rings is 3. The Morgan fingerprint density at radius 2 is 1.70 bits per heavy atom. The van der Waals surface area contributed by atoms with Gasteiger partial charge in [-0.1, -0.05) is 41.6 Å². The fraction of sp³-hybridized carbons (Fsp3) is 0.258. The molecule has 47 heavy (non-hydrogen) atoms. The van der Waals surface area contributed by atoms with Gasteiger partial charge in [0.05, 0.1) is 37.4 Å². The van der Waals surface area contributed by atoms with E-state index in [-0.39, 0.29) is 41.5 Å². The molecule has 0 amide bonds. The zero-order chi connectivity index (χ0) is 33.9. The molecule has 1 atom stereocenters. The summed E-state index contributed by atoms with van der Waals surface area (Å²) in [5.74, 6) is -1.75. The minimum atomic E-state index is -4.95. The standard InChI is InChI=1S/C31H28F5N7O4/c1-17-27(19-9-6-13-25(46-3)28(19)33)29(44)43(30(45)42(17)14-20-21(31(34,35)36)10-7-11-22(20)32)15-23(37-2)18-8-4-5-12-24(18)47-16-26-38-40-41-39-26/h4-13,23,37H,14-16H2,1-3H3,(H,38,39,40,41). The van der Waals surface area contributed by atoms with Crippen LogP contribution in [0, 0.1) is 18.6 Å². The summed E-state index contributed by atoms with van der Waals surface area (Å²) in [5, 5.41) is 16.5. The second-order valence-electron chi connectivity index (χ2n) is 10.3. The fourth-order valence-corrected chi connectivity index (χ4v) is 5.28. The van der Waals surface area contributed by atoms with E-state index in [2.05, 4.69) is 25.9 Å². The second-order valence-corrected chi connectivity index (χ2v) is 10.3. The Morgan fingerprint density at radius 1 is 0.979 bits per heavy atom. The number of halogens is 5. The van der Waals surface area contributed by atoms with Crippen molar-refractivity contribution in [2.24, 2.45) is 0 Å². The first-order valence-electron chi connectivity index (χ1n) is 14.1. The second kappa shape index (κ2) is 13.5. The largest absolute Gasteiger partial charge is 0.494 e. The average Bonchev–Trinajstić information content (AvgIpc) is 3.57. The zero-order valence-corrected chi connectivity index (χ0v) is 25.2. The van der Waals surface area contributed by atoms with Crippen molar-refractivity contribution < 1.29 is 31.4 Å². The molecule has 16 heteroatoms. The lowest BCUT2D eigenvalue weighted by atomic mass is 10.0. The number of alkyl halides is 3. The van der Waals surface area contributed by atoms with Crippen molar-refractivity contribution in [3.8, 4) is 22.6 Å². The van der Waals surface area contributed by atoms with Crippen LogP contribution >= 0.6 is 0 Å². The number of hydrogen-bond donors (Lipinski definition) is 2. The van der Waals surface area contributed by atoms with E-state index in [0.29, 0.717) is 17.4 Å². The molecule has 0 aliphatic heterocycles. The first-order valence-corrected chi connectivity index (χ1v) is 14.1. The number of nitrogens with one attached hydrogen (secondary N) is 2. The maximum Gasteiger partial charge on any atom is 0.416 e. The monoisotopic (exact) mass is 657 g/mol. The maximum atomic E-state index is 15.6. The van der Waals surface area contributed by atoms with Gasteiger partial charge in [0.25, 0.3) is 5.56 Å². The normalized spacial score (nSPS) is 12.3. The van der Waals surface area contributed by atoms with E-state index in [1.165, 1.54) is 32.2 Å². The number of rotatable bonds is 11. The smallest absolute Gasteiger partial charge is 0.416 e. The van der Waals surface area contributed by atoms with E-state index >= 15 is 8.78 Å². The maximum absolute atomic E-state index is 15.6. The van der Waals surface area contributed by atoms with Crippen LogP contribution in [0.15, 0.2) is 70.3 Å². The van der Waals surface area contributed by atoms with E-state index in [0.717, 1.165) is 21.3 Å². The van der Waals surface area contributed by atoms with Crippen LogP contribution in [0.5, 0.6) is 11.5 Å². The summed E-state index contributed by atoms with van der Waals surface area (Å²) >= 11 is 0. The Bertz CT molecular complexity index is 2010. The minimum Gasteiger partial charge on any atom is -0.494 e. The molecule has 5 rings (SSSR count). The topological polar surface area (TPSA) is 129 Å². The van der Waals surface area contributed by atoms with Crippen molar-refractivity contribution >= 4 is 0 Å². The lowest BCUT2D eigenvalue weighted by Crippen LogP contribution is -2.44. The number of ether oxygens (including phenoxy) is 2. The molecule has 2 N–H and O–H groups in total. The predicted molar refractivity (Wildman–Crippen MR) is 159 cm³/mol. The van der Waals surface area contributed by atoms with E-state index in [4.69, 9.17) is 9.47 Å². The van der Waals surface area contributed by atoms with Crippen LogP contribution in [0.25, 0.3) is 11.1 Å². The molecular formula is C31H28F5N7O4. The Labute approximate surface area is 263 Å². The number of para-hydroxylation sites is 1. The zero-order valence-electron chi connectivity index (χ0n) is 25.2. The SMILES string of the molecule is CNC(Cn1c(=O)c(-c2cccc(OC)c2F)c(C)n(Cc2c(F)cccc2C(F)(F)F)c1=O)c1ccccc1OCc1nn[nH]n1. The van der Waals surface area contributed by atoms with Gasteiger partial charge in [-0.05, 0) is 38.2 Å². The van der Waals surface area contributed by atoms with Gasteiger partial charge in [-0.15, -0.1) is 10.2 Å². The van der Waals surface area contributed by atoms with Crippen molar-refractivity contribution in [2.45, 2.75) is 38.8 Å². The minimum absolute atomic E-state index is 0.0648. The molecule has 0 aliphatic rings. The average molecular weight is 658 g/mol. The molecule has 2 aromatic heterocycles. The van der Waals surface area contributed by atoms with E-state index in [1.807, 2.05) is 0 Å². The number of tetrazole rings is 1. The summed E-state index contributed by atoms with van der Waals surface area (Å²) in [5.41, 5.74) is -4.34. The number of nitrogens with zero attached hydrogens (tertiary/aromatic N) is 5. The molecule has 0 spiro atoms. The third-order valence-electron chi connectivity index (χ3n) is 7.63. The van der Waals surface area contributed by atoms with Crippen LogP contribution in [-0.4, -0.2) is 43.9 Å². The van der Waals surface area contributed by atoms with E-state index < -0.39 is 52.8 Å². The molecule has 0 saturated carbocycles. The molecule has 246 valence electrons. The third kappa shape index (κ3) is 6.63. The highest BCUT2D eigenvalue weighted by molar-refractivity contribution is 5.67. The molecule has 0 radical (unpaired) electrons. The van der Waals surface area contributed by atoms with Crippen molar-refractivity contribution in [3.05, 3.63) is 121 Å². The first-order chi connectivity index (χ1) is 22.5. The number of aromatic amines is 1. The van der Waals surface area contributed by atoms with Gasteiger partial charge in [0, 0.05) is 22.4 Å². The van der Waals surface area contributed by atoms with Gasteiger partial charge in [-0.2, -0.15) is 18.4 Å². The van der Waals surface area contributed by atoms with Crippen molar-refractivity contribution in [3.63, 3.8) is 0 Å². The number of likely N-dealkylation sites (N-methyl/N-ethyl adjacent to an activating group) is 1. The van der Waals surface area contributed by atoms with Gasteiger partial charge in [-0.3, -0.25) is 13.9 Å². The molecule has 0 aliphatic carbocycles. The van der Waals surface area contributed by atoms with Crippen LogP contribution in [0.2, 0.25) is 0 Å². The number of hydrogen-bond acceptors (Lipinski definition) is 8. The summed E-state index contributed by atoms with van der Waals surface area (Å²) in [4.78, 5) is 28.2. The summed E-state index contributed by atoms with van der Waals surface area (Å²) in [6, 6.07) is 12.4. The van der Waals surface area contributed by atoms with Crippen LogP contribution < -0.4 is 26.0 Å². The van der Waals surface area contributed by atoms with Gasteiger partial charge in [-0.25, -0.2) is 13.6 Å². The molecule has 0 fully saturated rings. The molecule has 2 heterocycles. The summed E-state index contributed by atoms with van der Waals surface area (Å²) in [6.45, 7) is -0.0600. The predicted octanol–water partition coefficient (Wildman–Crippen LogP) is 4.39. The van der Waals surface area contributed by atoms with Gasteiger partial charge in [0.15, 0.2) is 18.2 Å². The molecule has 11 nitrogen and oxygen atoms in total. The van der Waals surface area contributed by atoms with Crippen LogP contribution in [-0.2, 0) is 25.9 Å².